The molecular formula is C23H28O2. The Kier molecular flexibility index (Phi) is 4.06. The van der Waals surface area contributed by atoms with Crippen LogP contribution in [0.4, 0.5) is 0 Å². The lowest BCUT2D eigenvalue weighted by Crippen LogP contribution is -2.34. The summed E-state index contributed by atoms with van der Waals surface area (Å²) in [7, 11) is 0. The molecule has 0 aliphatic heterocycles. The first-order valence-corrected chi connectivity index (χ1v) is 9.02. The molecule has 25 heavy (non-hydrogen) atoms. The minimum absolute atomic E-state index is 0.107. The highest BCUT2D eigenvalue weighted by atomic mass is 16.4. The van der Waals surface area contributed by atoms with E-state index in [1.165, 1.54) is 11.1 Å². The summed E-state index contributed by atoms with van der Waals surface area (Å²) in [6.45, 7) is 11.0. The number of carboxylic acids is 1. The van der Waals surface area contributed by atoms with E-state index in [2.05, 4.69) is 45.9 Å². The fourth-order valence-corrected chi connectivity index (χ4v) is 4.95. The van der Waals surface area contributed by atoms with Crippen molar-refractivity contribution in [3.8, 4) is 0 Å². The zero-order chi connectivity index (χ0) is 18.5. The third kappa shape index (κ3) is 2.68. The average molecular weight is 336 g/mol. The maximum absolute atomic E-state index is 12.2. The van der Waals surface area contributed by atoms with Crippen molar-refractivity contribution in [2.45, 2.75) is 57.8 Å². The Morgan fingerprint density at radius 2 is 1.80 bits per heavy atom. The van der Waals surface area contributed by atoms with Crippen LogP contribution in [0.1, 0.15) is 63.6 Å². The second-order valence-corrected chi connectivity index (χ2v) is 8.71. The van der Waals surface area contributed by atoms with Gasteiger partial charge < -0.3 is 5.11 Å². The molecule has 0 fully saturated rings. The molecule has 0 saturated heterocycles. The van der Waals surface area contributed by atoms with E-state index < -0.39 is 11.4 Å². The van der Waals surface area contributed by atoms with E-state index in [0.29, 0.717) is 0 Å². The smallest absolute Gasteiger partial charge is 0.318 e. The maximum atomic E-state index is 12.2. The van der Waals surface area contributed by atoms with Gasteiger partial charge in [-0.25, -0.2) is 0 Å². The van der Waals surface area contributed by atoms with Crippen LogP contribution in [-0.2, 0) is 15.6 Å². The van der Waals surface area contributed by atoms with Crippen molar-refractivity contribution >= 4 is 5.97 Å². The summed E-state index contributed by atoms with van der Waals surface area (Å²) in [4.78, 5) is 12.2. The first kappa shape index (κ1) is 17.7. The van der Waals surface area contributed by atoms with Gasteiger partial charge in [-0.1, -0.05) is 82.4 Å². The molecule has 1 aromatic carbocycles. The van der Waals surface area contributed by atoms with Crippen LogP contribution in [0.25, 0.3) is 0 Å². The summed E-state index contributed by atoms with van der Waals surface area (Å²) < 4.78 is 0. The number of carbonyl (C=O) groups is 1. The van der Waals surface area contributed by atoms with Crippen LogP contribution >= 0.6 is 0 Å². The van der Waals surface area contributed by atoms with Gasteiger partial charge in [-0.3, -0.25) is 4.79 Å². The minimum atomic E-state index is -1.02. The van der Waals surface area contributed by atoms with Crippen LogP contribution in [0.5, 0.6) is 0 Å². The molecule has 0 bridgehead atoms. The van der Waals surface area contributed by atoms with Crippen LogP contribution < -0.4 is 0 Å². The molecule has 2 heteroatoms. The molecule has 0 saturated carbocycles. The Morgan fingerprint density at radius 3 is 2.44 bits per heavy atom. The Balaban J connectivity index is 2.16. The first-order chi connectivity index (χ1) is 11.6. The molecule has 2 aliphatic rings. The summed E-state index contributed by atoms with van der Waals surface area (Å²) in [5.41, 5.74) is 3.07. The second kappa shape index (κ2) is 5.72. The van der Waals surface area contributed by atoms with Crippen molar-refractivity contribution < 1.29 is 9.90 Å². The fraction of sp³-hybridized carbons (Fsp3) is 0.435. The molecule has 2 aliphatic carbocycles. The third-order valence-corrected chi connectivity index (χ3v) is 5.86. The van der Waals surface area contributed by atoms with E-state index in [-0.39, 0.29) is 16.7 Å². The highest BCUT2D eigenvalue weighted by molar-refractivity contribution is 5.82. The molecule has 2 atom stereocenters. The van der Waals surface area contributed by atoms with Crippen molar-refractivity contribution in [1.29, 1.82) is 0 Å². The number of carboxylic acid groups (broad SMARTS) is 1. The predicted octanol–water partition coefficient (Wildman–Crippen LogP) is 5.50. The van der Waals surface area contributed by atoms with E-state index >= 15 is 0 Å². The fourth-order valence-electron chi connectivity index (χ4n) is 4.95. The molecule has 0 amide bonds. The topological polar surface area (TPSA) is 37.3 Å². The SMILES string of the molecule is CC=CC1(C(=O)O)C=CC=CC1c1ccc2c(c1)C(C)(C)CC2(C)C. The molecule has 2 unspecified atom stereocenters. The largest absolute Gasteiger partial charge is 0.480 e. The number of rotatable bonds is 3. The second-order valence-electron chi connectivity index (χ2n) is 8.71. The van der Waals surface area contributed by atoms with Gasteiger partial charge in [0.15, 0.2) is 0 Å². The lowest BCUT2D eigenvalue weighted by atomic mass is 9.68. The number of allylic oxidation sites excluding steroid dienone is 4. The molecule has 0 radical (unpaired) electrons. The number of aliphatic carboxylic acids is 1. The van der Waals surface area contributed by atoms with Gasteiger partial charge >= 0.3 is 5.97 Å². The number of benzene rings is 1. The highest BCUT2D eigenvalue weighted by Gasteiger charge is 2.45. The zero-order valence-electron chi connectivity index (χ0n) is 15.8. The molecule has 0 heterocycles. The lowest BCUT2D eigenvalue weighted by molar-refractivity contribution is -0.144. The lowest BCUT2D eigenvalue weighted by Gasteiger charge is -2.33. The minimum Gasteiger partial charge on any atom is -0.480 e. The summed E-state index contributed by atoms with van der Waals surface area (Å²) in [5.74, 6) is -1.01. The van der Waals surface area contributed by atoms with Crippen LogP contribution in [0, 0.1) is 5.41 Å². The van der Waals surface area contributed by atoms with Gasteiger partial charge in [0.2, 0.25) is 0 Å². The molecule has 1 N–H and O–H groups in total. The van der Waals surface area contributed by atoms with Gasteiger partial charge in [0, 0.05) is 5.92 Å². The Bertz CT molecular complexity index is 792. The molecule has 0 spiro atoms. The van der Waals surface area contributed by atoms with E-state index in [1.54, 1.807) is 0 Å². The van der Waals surface area contributed by atoms with Crippen LogP contribution in [0.3, 0.4) is 0 Å². The maximum Gasteiger partial charge on any atom is 0.318 e. The van der Waals surface area contributed by atoms with Crippen molar-refractivity contribution in [2.24, 2.45) is 5.41 Å². The van der Waals surface area contributed by atoms with Gasteiger partial charge in [-0.2, -0.15) is 0 Å². The van der Waals surface area contributed by atoms with E-state index in [9.17, 15) is 9.90 Å². The summed E-state index contributed by atoms with van der Waals surface area (Å²) in [5, 5.41) is 9.99. The van der Waals surface area contributed by atoms with E-state index in [4.69, 9.17) is 0 Å². The van der Waals surface area contributed by atoms with Crippen molar-refractivity contribution in [3.05, 3.63) is 71.3 Å². The van der Waals surface area contributed by atoms with Gasteiger partial charge in [0.05, 0.1) is 0 Å². The number of hydrogen-bond donors (Lipinski definition) is 1. The molecule has 3 rings (SSSR count). The van der Waals surface area contributed by atoms with Gasteiger partial charge in [-0.15, -0.1) is 0 Å². The van der Waals surface area contributed by atoms with Crippen molar-refractivity contribution in [2.75, 3.05) is 0 Å². The Morgan fingerprint density at radius 1 is 1.12 bits per heavy atom. The van der Waals surface area contributed by atoms with Crippen molar-refractivity contribution in [1.82, 2.24) is 0 Å². The zero-order valence-corrected chi connectivity index (χ0v) is 15.8. The Hall–Kier alpha value is -2.09. The summed E-state index contributed by atoms with van der Waals surface area (Å²) >= 11 is 0. The first-order valence-electron chi connectivity index (χ1n) is 9.02. The van der Waals surface area contributed by atoms with E-state index in [0.717, 1.165) is 12.0 Å². The van der Waals surface area contributed by atoms with Crippen LogP contribution in [0.2, 0.25) is 0 Å². The summed E-state index contributed by atoms with van der Waals surface area (Å²) in [6, 6.07) is 6.59. The van der Waals surface area contributed by atoms with Gasteiger partial charge in [0.1, 0.15) is 5.41 Å². The molecule has 0 aromatic heterocycles. The normalized spacial score (nSPS) is 29.1. The average Bonchev–Trinajstić information content (AvgIpc) is 2.72. The monoisotopic (exact) mass is 336 g/mol. The predicted molar refractivity (Wildman–Crippen MR) is 103 cm³/mol. The molecule has 2 nitrogen and oxygen atoms in total. The standard InChI is InChI=1S/C23H28O2/c1-6-12-23(20(24)25)13-8-7-9-17(23)16-10-11-18-19(14-16)22(4,5)15-21(18,2)3/h6-14,17H,15H2,1-5H3,(H,24,25). The molecule has 1 aromatic rings. The Labute approximate surface area is 151 Å². The van der Waals surface area contributed by atoms with Gasteiger partial charge in [-0.05, 0) is 40.9 Å². The molecule has 132 valence electrons. The highest BCUT2D eigenvalue weighted by Crippen LogP contribution is 2.51. The van der Waals surface area contributed by atoms with Crippen LogP contribution in [0.15, 0.2) is 54.7 Å². The van der Waals surface area contributed by atoms with Crippen LogP contribution in [-0.4, -0.2) is 11.1 Å². The third-order valence-electron chi connectivity index (χ3n) is 5.86. The molecular weight excluding hydrogens is 308 g/mol. The number of hydrogen-bond acceptors (Lipinski definition) is 1. The van der Waals surface area contributed by atoms with E-state index in [1.807, 2.05) is 43.4 Å². The van der Waals surface area contributed by atoms with Gasteiger partial charge in [0.25, 0.3) is 0 Å². The van der Waals surface area contributed by atoms with Crippen molar-refractivity contribution in [3.63, 3.8) is 0 Å². The number of fused-ring (bicyclic) bond motifs is 1. The summed E-state index contributed by atoms with van der Waals surface area (Å²) in [6.07, 6.45) is 12.4. The quantitative estimate of drug-likeness (QED) is 0.740.